The first kappa shape index (κ1) is 18.1. The molecular formula is C19H28N4O2S. The number of carbonyl (C=O) groups is 1. The molecule has 7 heteroatoms. The van der Waals surface area contributed by atoms with Gasteiger partial charge in [-0.3, -0.25) is 10.1 Å². The van der Waals surface area contributed by atoms with E-state index in [2.05, 4.69) is 20.9 Å². The van der Waals surface area contributed by atoms with Crippen LogP contribution in [0.4, 0.5) is 5.82 Å². The highest BCUT2D eigenvalue weighted by Gasteiger charge is 2.40. The zero-order valence-electron chi connectivity index (χ0n) is 15.0. The molecule has 2 saturated heterocycles. The Morgan fingerprint density at radius 2 is 2.12 bits per heavy atom. The molecule has 4 unspecified atom stereocenters. The molecule has 3 N–H and O–H groups in total. The van der Waals surface area contributed by atoms with Crippen molar-refractivity contribution in [2.24, 2.45) is 5.92 Å². The van der Waals surface area contributed by atoms with Gasteiger partial charge in [-0.1, -0.05) is 6.07 Å². The Kier molecular flexibility index (Phi) is 5.97. The van der Waals surface area contributed by atoms with E-state index in [1.165, 1.54) is 0 Å². The minimum atomic E-state index is 0.0743. The monoisotopic (exact) mass is 376 g/mol. The summed E-state index contributed by atoms with van der Waals surface area (Å²) in [7, 11) is 0. The second kappa shape index (κ2) is 8.59. The highest BCUT2D eigenvalue weighted by Crippen LogP contribution is 2.30. The van der Waals surface area contributed by atoms with E-state index >= 15 is 0 Å². The standard InChI is InChI=1S/C19H28N4O2S/c24-19-15-5-4-13(21-17-3-1-2-8-20-17)11-16(15)22-18(23-19)12-26-14-6-9-25-10-7-14/h1-3,8,13-16,18,22H,4-7,9-12H2,(H,20,21)(H,23,24). The third-order valence-electron chi connectivity index (χ3n) is 5.60. The molecule has 26 heavy (non-hydrogen) atoms. The summed E-state index contributed by atoms with van der Waals surface area (Å²) >= 11 is 1.97. The van der Waals surface area contributed by atoms with Gasteiger partial charge in [-0.05, 0) is 44.2 Å². The minimum Gasteiger partial charge on any atom is -0.381 e. The summed E-state index contributed by atoms with van der Waals surface area (Å²) in [6, 6.07) is 6.54. The van der Waals surface area contributed by atoms with Crippen LogP contribution in [0.2, 0.25) is 0 Å². The SMILES string of the molecule is O=C1NC(CSC2CCOCC2)NC2CC(Nc3ccccn3)CCC12. The second-order valence-electron chi connectivity index (χ2n) is 7.46. The van der Waals surface area contributed by atoms with Crippen molar-refractivity contribution in [3.8, 4) is 0 Å². The molecule has 0 radical (unpaired) electrons. The van der Waals surface area contributed by atoms with Gasteiger partial charge in [0.05, 0.1) is 12.1 Å². The minimum absolute atomic E-state index is 0.0743. The number of ether oxygens (including phenoxy) is 1. The van der Waals surface area contributed by atoms with E-state index in [9.17, 15) is 4.79 Å². The number of carbonyl (C=O) groups excluding carboxylic acids is 1. The van der Waals surface area contributed by atoms with E-state index < -0.39 is 0 Å². The van der Waals surface area contributed by atoms with Gasteiger partial charge in [-0.2, -0.15) is 11.8 Å². The zero-order valence-corrected chi connectivity index (χ0v) is 15.8. The Morgan fingerprint density at radius 1 is 1.23 bits per heavy atom. The molecule has 4 atom stereocenters. The van der Waals surface area contributed by atoms with E-state index in [0.29, 0.717) is 11.3 Å². The van der Waals surface area contributed by atoms with Crippen molar-refractivity contribution in [2.75, 3.05) is 24.3 Å². The Balaban J connectivity index is 1.30. The molecule has 1 saturated carbocycles. The van der Waals surface area contributed by atoms with Crippen LogP contribution in [0.15, 0.2) is 24.4 Å². The molecule has 2 aliphatic heterocycles. The quantitative estimate of drug-likeness (QED) is 0.730. The maximum Gasteiger partial charge on any atom is 0.225 e. The molecule has 1 aromatic heterocycles. The maximum atomic E-state index is 12.5. The molecule has 0 bridgehead atoms. The van der Waals surface area contributed by atoms with E-state index in [1.807, 2.05) is 36.2 Å². The first-order valence-electron chi connectivity index (χ1n) is 9.71. The van der Waals surface area contributed by atoms with Crippen molar-refractivity contribution in [1.29, 1.82) is 0 Å². The number of thioether (sulfide) groups is 1. The second-order valence-corrected chi connectivity index (χ2v) is 8.79. The lowest BCUT2D eigenvalue weighted by atomic mass is 9.79. The van der Waals surface area contributed by atoms with Gasteiger partial charge in [0.2, 0.25) is 5.91 Å². The summed E-state index contributed by atoms with van der Waals surface area (Å²) in [5.74, 6) is 2.17. The zero-order chi connectivity index (χ0) is 17.8. The number of hydrogen-bond donors (Lipinski definition) is 3. The predicted octanol–water partition coefficient (Wildman–Crippen LogP) is 1.99. The van der Waals surface area contributed by atoms with Gasteiger partial charge in [0.1, 0.15) is 5.82 Å². The Labute approximate surface area is 159 Å². The maximum absolute atomic E-state index is 12.5. The van der Waals surface area contributed by atoms with Crippen molar-refractivity contribution in [3.63, 3.8) is 0 Å². The third kappa shape index (κ3) is 4.50. The number of nitrogens with one attached hydrogen (secondary N) is 3. The van der Waals surface area contributed by atoms with Crippen molar-refractivity contribution >= 4 is 23.5 Å². The first-order valence-corrected chi connectivity index (χ1v) is 10.8. The molecule has 1 aromatic rings. The number of pyridine rings is 1. The summed E-state index contributed by atoms with van der Waals surface area (Å²) in [6.45, 7) is 1.74. The number of hydrogen-bond acceptors (Lipinski definition) is 6. The smallest absolute Gasteiger partial charge is 0.225 e. The largest absolute Gasteiger partial charge is 0.381 e. The van der Waals surface area contributed by atoms with Crippen LogP contribution in [0, 0.1) is 5.92 Å². The van der Waals surface area contributed by atoms with Crippen LogP contribution in [-0.2, 0) is 9.53 Å². The fourth-order valence-corrected chi connectivity index (χ4v) is 5.37. The molecule has 6 nitrogen and oxygen atoms in total. The normalized spacial score (nSPS) is 32.5. The van der Waals surface area contributed by atoms with Crippen molar-refractivity contribution < 1.29 is 9.53 Å². The summed E-state index contributed by atoms with van der Waals surface area (Å²) in [5.41, 5.74) is 0. The lowest BCUT2D eigenvalue weighted by molar-refractivity contribution is -0.130. The van der Waals surface area contributed by atoms with E-state index in [0.717, 1.165) is 56.9 Å². The van der Waals surface area contributed by atoms with Crippen LogP contribution in [0.1, 0.15) is 32.1 Å². The third-order valence-corrected chi connectivity index (χ3v) is 7.07. The van der Waals surface area contributed by atoms with Crippen LogP contribution in [0.25, 0.3) is 0 Å². The molecule has 3 aliphatic rings. The molecule has 0 aromatic carbocycles. The van der Waals surface area contributed by atoms with E-state index in [1.54, 1.807) is 0 Å². The van der Waals surface area contributed by atoms with Crippen LogP contribution >= 0.6 is 11.8 Å². The summed E-state index contributed by atoms with van der Waals surface area (Å²) in [4.78, 5) is 16.9. The summed E-state index contributed by atoms with van der Waals surface area (Å²) < 4.78 is 5.43. The molecule has 3 heterocycles. The number of aromatic nitrogens is 1. The molecule has 1 amide bonds. The number of nitrogens with zero attached hydrogens (tertiary/aromatic N) is 1. The van der Waals surface area contributed by atoms with Gasteiger partial charge in [-0.25, -0.2) is 4.98 Å². The van der Waals surface area contributed by atoms with Gasteiger partial charge in [-0.15, -0.1) is 0 Å². The number of rotatable bonds is 5. The molecule has 3 fully saturated rings. The molecule has 4 rings (SSSR count). The van der Waals surface area contributed by atoms with Gasteiger partial charge in [0.25, 0.3) is 0 Å². The fraction of sp³-hybridized carbons (Fsp3) is 0.684. The topological polar surface area (TPSA) is 75.3 Å². The lowest BCUT2D eigenvalue weighted by Crippen LogP contribution is -2.64. The fourth-order valence-electron chi connectivity index (χ4n) is 4.20. The van der Waals surface area contributed by atoms with Gasteiger partial charge in [0.15, 0.2) is 0 Å². The molecular weight excluding hydrogens is 348 g/mol. The van der Waals surface area contributed by atoms with Crippen LogP contribution in [0.5, 0.6) is 0 Å². The Morgan fingerprint density at radius 3 is 2.92 bits per heavy atom. The summed E-state index contributed by atoms with van der Waals surface area (Å²) in [6.07, 6.45) is 7.02. The van der Waals surface area contributed by atoms with Gasteiger partial charge < -0.3 is 15.4 Å². The van der Waals surface area contributed by atoms with Crippen LogP contribution in [-0.4, -0.2) is 53.4 Å². The highest BCUT2D eigenvalue weighted by atomic mass is 32.2. The number of amides is 1. The highest BCUT2D eigenvalue weighted by molar-refractivity contribution is 7.99. The average molecular weight is 377 g/mol. The van der Waals surface area contributed by atoms with Crippen molar-refractivity contribution in [2.45, 2.75) is 55.6 Å². The van der Waals surface area contributed by atoms with Crippen molar-refractivity contribution in [3.05, 3.63) is 24.4 Å². The summed E-state index contributed by atoms with van der Waals surface area (Å²) in [5, 5.41) is 11.1. The molecule has 0 spiro atoms. The molecule has 1 aliphatic carbocycles. The first-order chi connectivity index (χ1) is 12.8. The Bertz CT molecular complexity index is 596. The van der Waals surface area contributed by atoms with Gasteiger partial charge >= 0.3 is 0 Å². The van der Waals surface area contributed by atoms with E-state index in [-0.39, 0.29) is 24.0 Å². The van der Waals surface area contributed by atoms with Crippen LogP contribution < -0.4 is 16.0 Å². The van der Waals surface area contributed by atoms with E-state index in [4.69, 9.17) is 4.74 Å². The number of anilines is 1. The predicted molar refractivity (Wildman–Crippen MR) is 104 cm³/mol. The number of fused-ring (bicyclic) bond motifs is 1. The van der Waals surface area contributed by atoms with Crippen molar-refractivity contribution in [1.82, 2.24) is 15.6 Å². The van der Waals surface area contributed by atoms with Gasteiger partial charge in [0, 0.05) is 42.5 Å². The molecule has 142 valence electrons. The lowest BCUT2D eigenvalue weighted by Gasteiger charge is -2.43. The van der Waals surface area contributed by atoms with Crippen LogP contribution in [0.3, 0.4) is 0 Å². The Hall–Kier alpha value is -1.31. The average Bonchev–Trinajstić information content (AvgIpc) is 2.68.